The van der Waals surface area contributed by atoms with Crippen molar-refractivity contribution in [2.75, 3.05) is 5.32 Å². The van der Waals surface area contributed by atoms with Crippen LogP contribution in [0.25, 0.3) is 0 Å². The number of piperidine rings is 1. The lowest BCUT2D eigenvalue weighted by atomic mass is 9.99. The molecule has 2 aliphatic rings. The Morgan fingerprint density at radius 1 is 1.32 bits per heavy atom. The molecule has 1 aromatic carbocycles. The van der Waals surface area contributed by atoms with Crippen molar-refractivity contribution in [3.05, 3.63) is 33.9 Å². The molecule has 0 spiro atoms. The number of non-ortho nitro benzene ring substituents is 1. The molecule has 2 heterocycles. The summed E-state index contributed by atoms with van der Waals surface area (Å²) in [5.74, 6) is 0. The molecule has 2 saturated heterocycles. The molecule has 0 aliphatic carbocycles. The number of benzene rings is 1. The van der Waals surface area contributed by atoms with E-state index in [0.29, 0.717) is 18.1 Å². The Morgan fingerprint density at radius 3 is 2.58 bits per heavy atom. The number of fused-ring (bicyclic) bond motifs is 2. The molecule has 2 atom stereocenters. The maximum absolute atomic E-state index is 10.7. The summed E-state index contributed by atoms with van der Waals surface area (Å²) < 4.78 is 0. The molecule has 0 saturated carbocycles. The van der Waals surface area contributed by atoms with Crippen molar-refractivity contribution in [1.29, 1.82) is 0 Å². The van der Waals surface area contributed by atoms with Gasteiger partial charge in [0.1, 0.15) is 0 Å². The van der Waals surface area contributed by atoms with Crippen LogP contribution in [0.4, 0.5) is 11.4 Å². The predicted octanol–water partition coefficient (Wildman–Crippen LogP) is 2.60. The van der Waals surface area contributed by atoms with E-state index in [2.05, 4.69) is 10.6 Å². The van der Waals surface area contributed by atoms with Crippen molar-refractivity contribution in [2.45, 2.75) is 50.7 Å². The largest absolute Gasteiger partial charge is 0.382 e. The van der Waals surface area contributed by atoms with E-state index in [1.807, 2.05) is 13.0 Å². The first-order valence-electron chi connectivity index (χ1n) is 6.89. The highest BCUT2D eigenvalue weighted by Crippen LogP contribution is 2.30. The number of hydrogen-bond donors (Lipinski definition) is 2. The maximum Gasteiger partial charge on any atom is 0.269 e. The normalized spacial score (nSPS) is 29.2. The standard InChI is InChI=1S/C14H19N3O2/c1-9-6-13(17(18)19)4-5-14(9)16-12-7-10-2-3-11(8-12)15-10/h4-6,10-12,15-16H,2-3,7-8H2,1H3. The maximum atomic E-state index is 10.7. The Balaban J connectivity index is 1.71. The van der Waals surface area contributed by atoms with E-state index in [0.717, 1.165) is 24.1 Å². The minimum atomic E-state index is -0.346. The van der Waals surface area contributed by atoms with Crippen LogP contribution < -0.4 is 10.6 Å². The molecule has 3 rings (SSSR count). The zero-order valence-electron chi connectivity index (χ0n) is 11.1. The third kappa shape index (κ3) is 2.56. The minimum absolute atomic E-state index is 0.161. The minimum Gasteiger partial charge on any atom is -0.382 e. The smallest absolute Gasteiger partial charge is 0.269 e. The molecule has 0 aromatic heterocycles. The number of nitro benzene ring substituents is 1. The van der Waals surface area contributed by atoms with Crippen LogP contribution >= 0.6 is 0 Å². The molecular weight excluding hydrogens is 242 g/mol. The van der Waals surface area contributed by atoms with E-state index in [9.17, 15) is 10.1 Å². The fraction of sp³-hybridized carbons (Fsp3) is 0.571. The molecule has 5 heteroatoms. The van der Waals surface area contributed by atoms with Gasteiger partial charge in [-0.15, -0.1) is 0 Å². The molecular formula is C14H19N3O2. The Hall–Kier alpha value is -1.62. The van der Waals surface area contributed by atoms with E-state index in [1.54, 1.807) is 12.1 Å². The number of nitro groups is 1. The quantitative estimate of drug-likeness (QED) is 0.648. The summed E-state index contributed by atoms with van der Waals surface area (Å²) in [5, 5.41) is 17.9. The molecule has 0 amide bonds. The Morgan fingerprint density at radius 2 is 2.00 bits per heavy atom. The van der Waals surface area contributed by atoms with Crippen molar-refractivity contribution < 1.29 is 4.92 Å². The number of rotatable bonds is 3. The molecule has 102 valence electrons. The van der Waals surface area contributed by atoms with Gasteiger partial charge in [-0.2, -0.15) is 0 Å². The van der Waals surface area contributed by atoms with Crippen molar-refractivity contribution in [2.24, 2.45) is 0 Å². The van der Waals surface area contributed by atoms with E-state index in [-0.39, 0.29) is 10.6 Å². The summed E-state index contributed by atoms with van der Waals surface area (Å²) in [7, 11) is 0. The van der Waals surface area contributed by atoms with Gasteiger partial charge in [-0.1, -0.05) is 0 Å². The van der Waals surface area contributed by atoms with E-state index in [4.69, 9.17) is 0 Å². The SMILES string of the molecule is Cc1cc([N+](=O)[O-])ccc1NC1CC2CCC(C1)N2. The van der Waals surface area contributed by atoms with Gasteiger partial charge in [0.05, 0.1) is 4.92 Å². The lowest BCUT2D eigenvalue weighted by Crippen LogP contribution is -2.43. The molecule has 2 N–H and O–H groups in total. The summed E-state index contributed by atoms with van der Waals surface area (Å²) in [4.78, 5) is 10.4. The van der Waals surface area contributed by atoms with Gasteiger partial charge in [-0.25, -0.2) is 0 Å². The van der Waals surface area contributed by atoms with Gasteiger partial charge in [0.15, 0.2) is 0 Å². The van der Waals surface area contributed by atoms with E-state index >= 15 is 0 Å². The highest BCUT2D eigenvalue weighted by atomic mass is 16.6. The molecule has 2 bridgehead atoms. The zero-order valence-corrected chi connectivity index (χ0v) is 11.1. The van der Waals surface area contributed by atoms with Crippen LogP contribution in [-0.2, 0) is 0 Å². The molecule has 19 heavy (non-hydrogen) atoms. The molecule has 0 radical (unpaired) electrons. The van der Waals surface area contributed by atoms with Gasteiger partial charge in [-0.3, -0.25) is 10.1 Å². The van der Waals surface area contributed by atoms with Gasteiger partial charge >= 0.3 is 0 Å². The predicted molar refractivity (Wildman–Crippen MR) is 74.4 cm³/mol. The Bertz CT molecular complexity index is 491. The average molecular weight is 261 g/mol. The first-order chi connectivity index (χ1) is 9.11. The van der Waals surface area contributed by atoms with Crippen molar-refractivity contribution in [1.82, 2.24) is 5.32 Å². The van der Waals surface area contributed by atoms with E-state index < -0.39 is 0 Å². The second-order valence-electron chi connectivity index (χ2n) is 5.71. The van der Waals surface area contributed by atoms with Crippen LogP contribution in [0.2, 0.25) is 0 Å². The first-order valence-corrected chi connectivity index (χ1v) is 6.89. The van der Waals surface area contributed by atoms with Gasteiger partial charge in [0.2, 0.25) is 0 Å². The Kier molecular flexibility index (Phi) is 3.14. The van der Waals surface area contributed by atoms with Gasteiger partial charge in [-0.05, 0) is 44.2 Å². The number of hydrogen-bond acceptors (Lipinski definition) is 4. The van der Waals surface area contributed by atoms with Crippen LogP contribution in [0.5, 0.6) is 0 Å². The fourth-order valence-electron chi connectivity index (χ4n) is 3.32. The van der Waals surface area contributed by atoms with Gasteiger partial charge in [0.25, 0.3) is 5.69 Å². The first kappa shape index (κ1) is 12.4. The van der Waals surface area contributed by atoms with Crippen molar-refractivity contribution in [3.8, 4) is 0 Å². The third-order valence-electron chi connectivity index (χ3n) is 4.25. The van der Waals surface area contributed by atoms with Crippen molar-refractivity contribution >= 4 is 11.4 Å². The second kappa shape index (κ2) is 4.81. The lowest BCUT2D eigenvalue weighted by Gasteiger charge is -2.30. The van der Waals surface area contributed by atoms with Crippen LogP contribution in [0.15, 0.2) is 18.2 Å². The number of aryl methyl sites for hydroxylation is 1. The number of nitrogens with one attached hydrogen (secondary N) is 2. The highest BCUT2D eigenvalue weighted by Gasteiger charge is 2.33. The van der Waals surface area contributed by atoms with Gasteiger partial charge < -0.3 is 10.6 Å². The third-order valence-corrected chi connectivity index (χ3v) is 4.25. The van der Waals surface area contributed by atoms with Crippen LogP contribution in [0.3, 0.4) is 0 Å². The van der Waals surface area contributed by atoms with Crippen molar-refractivity contribution in [3.63, 3.8) is 0 Å². The topological polar surface area (TPSA) is 67.2 Å². The fourth-order valence-corrected chi connectivity index (χ4v) is 3.32. The van der Waals surface area contributed by atoms with Crippen LogP contribution in [0.1, 0.15) is 31.2 Å². The number of anilines is 1. The summed E-state index contributed by atoms with van der Waals surface area (Å²) in [6.07, 6.45) is 4.85. The van der Waals surface area contributed by atoms with E-state index in [1.165, 1.54) is 12.8 Å². The van der Waals surface area contributed by atoms with Crippen LogP contribution in [-0.4, -0.2) is 23.0 Å². The lowest BCUT2D eigenvalue weighted by molar-refractivity contribution is -0.384. The second-order valence-corrected chi connectivity index (χ2v) is 5.71. The molecule has 2 unspecified atom stereocenters. The summed E-state index contributed by atoms with van der Waals surface area (Å²) in [6, 6.07) is 6.82. The highest BCUT2D eigenvalue weighted by molar-refractivity contribution is 5.56. The Labute approximate surface area is 112 Å². The summed E-state index contributed by atoms with van der Waals surface area (Å²) >= 11 is 0. The van der Waals surface area contributed by atoms with Gasteiger partial charge in [0, 0.05) is 35.9 Å². The molecule has 1 aromatic rings. The summed E-state index contributed by atoms with van der Waals surface area (Å²) in [5.41, 5.74) is 2.13. The average Bonchev–Trinajstić information content (AvgIpc) is 2.71. The van der Waals surface area contributed by atoms with Crippen LogP contribution in [0, 0.1) is 17.0 Å². The monoisotopic (exact) mass is 261 g/mol. The molecule has 2 aliphatic heterocycles. The number of nitrogens with zero attached hydrogens (tertiary/aromatic N) is 1. The summed E-state index contributed by atoms with van der Waals surface area (Å²) in [6.45, 7) is 1.92. The molecule has 2 fully saturated rings. The molecule has 5 nitrogen and oxygen atoms in total. The zero-order chi connectivity index (χ0) is 13.4.